The van der Waals surface area contributed by atoms with Gasteiger partial charge in [-0.1, -0.05) is 49.3 Å². The predicted molar refractivity (Wildman–Crippen MR) is 79.6 cm³/mol. The van der Waals surface area contributed by atoms with Crippen molar-refractivity contribution in [3.8, 4) is 0 Å². The SMILES string of the molecule is CCC(CC(N)=NO)NCCC(C)c1ccccc1. The molecule has 106 valence electrons. The van der Waals surface area contributed by atoms with E-state index in [1.54, 1.807) is 0 Å². The second-order valence-electron chi connectivity index (χ2n) is 4.96. The van der Waals surface area contributed by atoms with Gasteiger partial charge in [0.2, 0.25) is 0 Å². The van der Waals surface area contributed by atoms with E-state index in [1.807, 2.05) is 6.07 Å². The van der Waals surface area contributed by atoms with Gasteiger partial charge in [-0.2, -0.15) is 0 Å². The fraction of sp³-hybridized carbons (Fsp3) is 0.533. The summed E-state index contributed by atoms with van der Waals surface area (Å²) in [7, 11) is 0. The number of oxime groups is 1. The maximum atomic E-state index is 8.58. The number of nitrogens with two attached hydrogens (primary N) is 1. The van der Waals surface area contributed by atoms with Crippen LogP contribution in [0.1, 0.15) is 44.6 Å². The highest BCUT2D eigenvalue weighted by Crippen LogP contribution is 2.17. The fourth-order valence-electron chi connectivity index (χ4n) is 2.11. The smallest absolute Gasteiger partial charge is 0.140 e. The average Bonchev–Trinajstić information content (AvgIpc) is 2.46. The fourth-order valence-corrected chi connectivity index (χ4v) is 2.11. The van der Waals surface area contributed by atoms with Crippen LogP contribution in [0, 0.1) is 0 Å². The van der Waals surface area contributed by atoms with Gasteiger partial charge in [0, 0.05) is 12.5 Å². The van der Waals surface area contributed by atoms with Crippen LogP contribution in [0.2, 0.25) is 0 Å². The Bertz CT molecular complexity index is 378. The second-order valence-corrected chi connectivity index (χ2v) is 4.96. The zero-order chi connectivity index (χ0) is 14.1. The molecule has 4 nitrogen and oxygen atoms in total. The van der Waals surface area contributed by atoms with Gasteiger partial charge in [0.15, 0.2) is 0 Å². The van der Waals surface area contributed by atoms with Crippen molar-refractivity contribution < 1.29 is 5.21 Å². The first-order valence-corrected chi connectivity index (χ1v) is 6.92. The topological polar surface area (TPSA) is 70.6 Å². The van der Waals surface area contributed by atoms with E-state index in [-0.39, 0.29) is 11.9 Å². The lowest BCUT2D eigenvalue weighted by molar-refractivity contribution is 0.315. The summed E-state index contributed by atoms with van der Waals surface area (Å²) in [5.74, 6) is 0.825. The first-order chi connectivity index (χ1) is 9.17. The van der Waals surface area contributed by atoms with Crippen molar-refractivity contribution in [3.05, 3.63) is 35.9 Å². The quantitative estimate of drug-likeness (QED) is 0.292. The van der Waals surface area contributed by atoms with E-state index in [2.05, 4.69) is 48.6 Å². The van der Waals surface area contributed by atoms with E-state index in [0.29, 0.717) is 12.3 Å². The van der Waals surface area contributed by atoms with Gasteiger partial charge in [-0.15, -0.1) is 0 Å². The van der Waals surface area contributed by atoms with E-state index in [0.717, 1.165) is 19.4 Å². The summed E-state index contributed by atoms with van der Waals surface area (Å²) in [6, 6.07) is 10.8. The Kier molecular flexibility index (Phi) is 6.97. The van der Waals surface area contributed by atoms with Gasteiger partial charge in [0.1, 0.15) is 5.84 Å². The molecule has 0 fully saturated rings. The van der Waals surface area contributed by atoms with Crippen LogP contribution in [-0.4, -0.2) is 23.6 Å². The normalized spacial score (nSPS) is 15.2. The molecule has 2 unspecified atom stereocenters. The zero-order valence-corrected chi connectivity index (χ0v) is 11.8. The number of nitrogens with one attached hydrogen (secondary N) is 1. The predicted octanol–water partition coefficient (Wildman–Crippen LogP) is 2.68. The van der Waals surface area contributed by atoms with Crippen molar-refractivity contribution in [2.45, 2.75) is 45.1 Å². The summed E-state index contributed by atoms with van der Waals surface area (Å²) in [6.07, 6.45) is 2.64. The third kappa shape index (κ3) is 5.75. The van der Waals surface area contributed by atoms with Crippen LogP contribution in [0.3, 0.4) is 0 Å². The molecule has 0 radical (unpaired) electrons. The van der Waals surface area contributed by atoms with Crippen LogP contribution in [-0.2, 0) is 0 Å². The minimum absolute atomic E-state index is 0.277. The van der Waals surface area contributed by atoms with E-state index in [4.69, 9.17) is 10.9 Å². The minimum Gasteiger partial charge on any atom is -0.409 e. The molecule has 1 rings (SSSR count). The van der Waals surface area contributed by atoms with Crippen molar-refractivity contribution >= 4 is 5.84 Å². The molecular formula is C15H25N3O. The molecule has 0 saturated heterocycles. The van der Waals surface area contributed by atoms with Gasteiger partial charge in [0.25, 0.3) is 0 Å². The van der Waals surface area contributed by atoms with Gasteiger partial charge in [-0.05, 0) is 30.9 Å². The third-order valence-electron chi connectivity index (χ3n) is 3.46. The number of nitrogens with zero attached hydrogens (tertiary/aromatic N) is 1. The Balaban J connectivity index is 2.32. The van der Waals surface area contributed by atoms with E-state index in [1.165, 1.54) is 5.56 Å². The van der Waals surface area contributed by atoms with Crippen LogP contribution in [0.4, 0.5) is 0 Å². The van der Waals surface area contributed by atoms with Crippen LogP contribution < -0.4 is 11.1 Å². The first kappa shape index (κ1) is 15.5. The molecule has 1 aromatic rings. The maximum Gasteiger partial charge on any atom is 0.140 e. The number of amidine groups is 1. The van der Waals surface area contributed by atoms with Crippen molar-refractivity contribution in [3.63, 3.8) is 0 Å². The van der Waals surface area contributed by atoms with Crippen molar-refractivity contribution in [2.24, 2.45) is 10.9 Å². The summed E-state index contributed by atoms with van der Waals surface area (Å²) in [4.78, 5) is 0. The summed E-state index contributed by atoms with van der Waals surface area (Å²) >= 11 is 0. The van der Waals surface area contributed by atoms with Gasteiger partial charge in [-0.3, -0.25) is 0 Å². The Morgan fingerprint density at radius 1 is 1.37 bits per heavy atom. The lowest BCUT2D eigenvalue weighted by atomic mass is 9.98. The molecule has 0 aliphatic rings. The number of rotatable bonds is 8. The second kappa shape index (κ2) is 8.53. The van der Waals surface area contributed by atoms with Gasteiger partial charge < -0.3 is 16.3 Å². The van der Waals surface area contributed by atoms with Crippen LogP contribution >= 0.6 is 0 Å². The number of hydrogen-bond donors (Lipinski definition) is 3. The molecular weight excluding hydrogens is 238 g/mol. The van der Waals surface area contributed by atoms with Crippen LogP contribution in [0.15, 0.2) is 35.5 Å². The molecule has 2 atom stereocenters. The molecule has 19 heavy (non-hydrogen) atoms. The molecule has 0 aliphatic heterocycles. The summed E-state index contributed by atoms with van der Waals surface area (Å²) in [5, 5.41) is 15.1. The van der Waals surface area contributed by atoms with Crippen LogP contribution in [0.25, 0.3) is 0 Å². The highest BCUT2D eigenvalue weighted by molar-refractivity contribution is 5.80. The van der Waals surface area contributed by atoms with Gasteiger partial charge in [0.05, 0.1) is 0 Å². The molecule has 0 aromatic heterocycles. The first-order valence-electron chi connectivity index (χ1n) is 6.92. The Morgan fingerprint density at radius 2 is 2.05 bits per heavy atom. The zero-order valence-electron chi connectivity index (χ0n) is 11.8. The molecule has 0 saturated carbocycles. The standard InChI is InChI=1S/C15H25N3O/c1-3-14(11-15(16)18-19)17-10-9-12(2)13-7-5-4-6-8-13/h4-8,12,14,17,19H,3,9-11H2,1-2H3,(H2,16,18). The molecule has 0 bridgehead atoms. The lowest BCUT2D eigenvalue weighted by Crippen LogP contribution is -2.34. The molecule has 4 heteroatoms. The molecule has 0 heterocycles. The Hall–Kier alpha value is -1.55. The monoisotopic (exact) mass is 263 g/mol. The molecule has 0 spiro atoms. The van der Waals surface area contributed by atoms with E-state index >= 15 is 0 Å². The highest BCUT2D eigenvalue weighted by Gasteiger charge is 2.10. The summed E-state index contributed by atoms with van der Waals surface area (Å²) in [5.41, 5.74) is 6.90. The number of benzene rings is 1. The Labute approximate surface area is 115 Å². The molecule has 4 N–H and O–H groups in total. The molecule has 0 amide bonds. The van der Waals surface area contributed by atoms with Gasteiger partial charge >= 0.3 is 0 Å². The number of hydrogen-bond acceptors (Lipinski definition) is 3. The van der Waals surface area contributed by atoms with E-state index < -0.39 is 0 Å². The maximum absolute atomic E-state index is 8.58. The summed E-state index contributed by atoms with van der Waals surface area (Å²) < 4.78 is 0. The van der Waals surface area contributed by atoms with Gasteiger partial charge in [-0.25, -0.2) is 0 Å². The average molecular weight is 263 g/mol. The Morgan fingerprint density at radius 3 is 2.63 bits per heavy atom. The largest absolute Gasteiger partial charge is 0.409 e. The lowest BCUT2D eigenvalue weighted by Gasteiger charge is -2.18. The highest BCUT2D eigenvalue weighted by atomic mass is 16.4. The third-order valence-corrected chi connectivity index (χ3v) is 3.46. The molecule has 1 aromatic carbocycles. The van der Waals surface area contributed by atoms with Crippen molar-refractivity contribution in [1.29, 1.82) is 0 Å². The van der Waals surface area contributed by atoms with Crippen molar-refractivity contribution in [2.75, 3.05) is 6.54 Å². The minimum atomic E-state index is 0.277. The van der Waals surface area contributed by atoms with E-state index in [9.17, 15) is 0 Å². The summed E-state index contributed by atoms with van der Waals surface area (Å²) in [6.45, 7) is 5.28. The van der Waals surface area contributed by atoms with Crippen LogP contribution in [0.5, 0.6) is 0 Å². The van der Waals surface area contributed by atoms with Crippen molar-refractivity contribution in [1.82, 2.24) is 5.32 Å². The molecule has 0 aliphatic carbocycles.